The molecule has 3 unspecified atom stereocenters. The summed E-state index contributed by atoms with van der Waals surface area (Å²) in [5, 5.41) is 43.1. The van der Waals surface area contributed by atoms with Gasteiger partial charge < -0.3 is 66.2 Å². The molecule has 72 heavy (non-hydrogen) atoms. The summed E-state index contributed by atoms with van der Waals surface area (Å²) in [5.74, 6) is -6.35. The number of urea groups is 1. The predicted molar refractivity (Wildman–Crippen MR) is 247 cm³/mol. The minimum absolute atomic E-state index is 0.0211. The lowest BCUT2D eigenvalue weighted by molar-refractivity contribution is -0.822. The number of aromatic amines is 1. The van der Waals surface area contributed by atoms with Gasteiger partial charge in [-0.1, -0.05) is 44.2 Å². The average Bonchev–Trinajstić information content (AvgIpc) is 3.63. The van der Waals surface area contributed by atoms with Crippen LogP contribution in [-0.4, -0.2) is 159 Å². The fourth-order valence-corrected chi connectivity index (χ4v) is 7.08. The monoisotopic (exact) mass is 1020 g/mol. The molecule has 29 nitrogen and oxygen atoms in total. The lowest BCUT2D eigenvalue weighted by Gasteiger charge is -2.30. The SMILES string of the molecule is CCOC(=O)C(NCCCNC(=O)[C@@H](NC(=O)[C@H](CCCN=C(N)N[N+](=O)O)NC(=O)N[C@H](C(=O)OCc1ccccc1)C(C)C)C(C)O)C(O)[C@H]1O[C@H](n2ccc(=O)[nH]c2=O)[C@H](OC(C)=O)[C@@H]1OC(C)=O. The number of nitrogens with zero attached hydrogens (tertiary/aromatic N) is 3. The van der Waals surface area contributed by atoms with Crippen LogP contribution in [0.5, 0.6) is 0 Å². The van der Waals surface area contributed by atoms with Crippen molar-refractivity contribution in [2.75, 3.05) is 26.2 Å². The van der Waals surface area contributed by atoms with Gasteiger partial charge in [-0.2, -0.15) is 0 Å². The Hall–Kier alpha value is -7.50. The highest BCUT2D eigenvalue weighted by atomic mass is 16.7. The van der Waals surface area contributed by atoms with E-state index in [-0.39, 0.29) is 52.1 Å². The number of aromatic nitrogens is 2. The van der Waals surface area contributed by atoms with Crippen LogP contribution >= 0.6 is 0 Å². The molecule has 0 bridgehead atoms. The van der Waals surface area contributed by atoms with Gasteiger partial charge in [0.25, 0.3) is 11.5 Å². The molecule has 1 aromatic carbocycles. The van der Waals surface area contributed by atoms with E-state index in [1.807, 2.05) is 4.98 Å². The van der Waals surface area contributed by atoms with E-state index < -0.39 is 131 Å². The Bertz CT molecular complexity index is 2330. The maximum Gasteiger partial charge on any atom is 0.362 e. The molecule has 3 rings (SSSR count). The van der Waals surface area contributed by atoms with Crippen molar-refractivity contribution < 1.29 is 77.7 Å². The zero-order chi connectivity index (χ0) is 53.7. The van der Waals surface area contributed by atoms with Crippen LogP contribution in [0.4, 0.5) is 4.79 Å². The molecule has 0 radical (unpaired) electrons. The normalized spacial score (nSPS) is 19.0. The van der Waals surface area contributed by atoms with Crippen LogP contribution in [-0.2, 0) is 59.1 Å². The third-order valence-electron chi connectivity index (χ3n) is 10.4. The van der Waals surface area contributed by atoms with Gasteiger partial charge in [-0.05, 0) is 56.6 Å². The minimum Gasteiger partial charge on any atom is -0.465 e. The highest BCUT2D eigenvalue weighted by Gasteiger charge is 2.55. The summed E-state index contributed by atoms with van der Waals surface area (Å²) >= 11 is 0. The third-order valence-corrected chi connectivity index (χ3v) is 10.4. The van der Waals surface area contributed by atoms with Gasteiger partial charge in [-0.3, -0.25) is 38.3 Å². The van der Waals surface area contributed by atoms with E-state index in [2.05, 4.69) is 31.6 Å². The largest absolute Gasteiger partial charge is 0.465 e. The molecule has 4 amide bonds. The third kappa shape index (κ3) is 18.7. The number of guanidine groups is 1. The molecule has 1 aromatic heterocycles. The number of esters is 4. The van der Waals surface area contributed by atoms with Crippen LogP contribution in [0.3, 0.4) is 0 Å². The first kappa shape index (κ1) is 58.8. The summed E-state index contributed by atoms with van der Waals surface area (Å²) in [7, 11) is 0. The van der Waals surface area contributed by atoms with E-state index in [1.165, 1.54) is 13.8 Å². The second kappa shape index (κ2) is 29.0. The number of carbonyl (C=O) groups excluding carboxylic acids is 7. The van der Waals surface area contributed by atoms with Gasteiger partial charge in [-0.15, -0.1) is 0 Å². The number of amides is 4. The Balaban J connectivity index is 1.73. The fraction of sp³-hybridized carbons (Fsp3) is 0.581. The lowest BCUT2D eigenvalue weighted by Crippen LogP contribution is -2.59. The van der Waals surface area contributed by atoms with Crippen molar-refractivity contribution in [3.63, 3.8) is 0 Å². The molecule has 2 heterocycles. The van der Waals surface area contributed by atoms with E-state index in [1.54, 1.807) is 49.6 Å². The molecule has 1 fully saturated rings. The maximum absolute atomic E-state index is 13.8. The molecule has 0 saturated carbocycles. The van der Waals surface area contributed by atoms with Crippen molar-refractivity contribution in [2.45, 2.75) is 128 Å². The van der Waals surface area contributed by atoms with Gasteiger partial charge in [0, 0.05) is 39.2 Å². The summed E-state index contributed by atoms with van der Waals surface area (Å²) in [6.45, 7) is 7.41. The summed E-state index contributed by atoms with van der Waals surface area (Å²) in [4.78, 5) is 133. The van der Waals surface area contributed by atoms with Gasteiger partial charge in [0.1, 0.15) is 47.9 Å². The van der Waals surface area contributed by atoms with Crippen molar-refractivity contribution in [3.8, 4) is 0 Å². The molecule has 2 aromatic rings. The van der Waals surface area contributed by atoms with Crippen molar-refractivity contribution in [2.24, 2.45) is 16.6 Å². The first-order valence-electron chi connectivity index (χ1n) is 22.7. The number of nitrogens with one attached hydrogen (secondary N) is 7. The molecule has 0 aliphatic carbocycles. The number of hydrazine groups is 1. The topological polar surface area (TPSA) is 412 Å². The molecule has 1 aliphatic rings. The first-order chi connectivity index (χ1) is 34.0. The minimum atomic E-state index is -1.93. The van der Waals surface area contributed by atoms with Crippen LogP contribution < -0.4 is 49.0 Å². The van der Waals surface area contributed by atoms with Crippen LogP contribution in [0.25, 0.3) is 0 Å². The van der Waals surface area contributed by atoms with Crippen molar-refractivity contribution >= 4 is 47.7 Å². The summed E-state index contributed by atoms with van der Waals surface area (Å²) < 4.78 is 28.1. The Morgan fingerprint density at radius 1 is 0.861 bits per heavy atom. The average molecular weight is 1020 g/mol. The Kier molecular flexibility index (Phi) is 23.7. The van der Waals surface area contributed by atoms with Gasteiger partial charge >= 0.3 is 40.6 Å². The van der Waals surface area contributed by atoms with Crippen molar-refractivity contribution in [1.82, 2.24) is 41.6 Å². The predicted octanol–water partition coefficient (Wildman–Crippen LogP) is -3.25. The fourth-order valence-electron chi connectivity index (χ4n) is 7.08. The summed E-state index contributed by atoms with van der Waals surface area (Å²) in [5.41, 5.74) is 6.23. The number of H-pyrrole nitrogens is 1. The Morgan fingerprint density at radius 3 is 2.11 bits per heavy atom. The number of aliphatic hydroxyl groups is 2. The molecule has 1 saturated heterocycles. The molecular weight excluding hydrogens is 959 g/mol. The zero-order valence-corrected chi connectivity index (χ0v) is 40.4. The number of hydrogen-bond donors (Lipinski definition) is 11. The second-order valence-electron chi connectivity index (χ2n) is 16.5. The number of aliphatic imine (C=N–C) groups is 1. The van der Waals surface area contributed by atoms with E-state index in [0.29, 0.717) is 5.56 Å². The zero-order valence-electron chi connectivity index (χ0n) is 40.4. The van der Waals surface area contributed by atoms with E-state index in [0.717, 1.165) is 30.7 Å². The second-order valence-corrected chi connectivity index (χ2v) is 16.5. The number of hydrogen-bond acceptors (Lipinski definition) is 19. The Morgan fingerprint density at radius 2 is 1.51 bits per heavy atom. The number of nitrogens with two attached hydrogens (primary N) is 1. The highest BCUT2D eigenvalue weighted by Crippen LogP contribution is 2.35. The number of benzene rings is 1. The quantitative estimate of drug-likeness (QED) is 0.0105. The smallest absolute Gasteiger partial charge is 0.362 e. The summed E-state index contributed by atoms with van der Waals surface area (Å²) in [6, 6.07) is 2.96. The number of aliphatic hydroxyl groups excluding tert-OH is 2. The van der Waals surface area contributed by atoms with Crippen LogP contribution in [0.15, 0.2) is 57.2 Å². The maximum atomic E-state index is 13.8. The van der Waals surface area contributed by atoms with E-state index in [4.69, 9.17) is 34.6 Å². The molecule has 10 atom stereocenters. The number of rotatable bonds is 27. The molecule has 1 aliphatic heterocycles. The van der Waals surface area contributed by atoms with Gasteiger partial charge in [0.05, 0.1) is 12.7 Å². The molecule has 12 N–H and O–H groups in total. The first-order valence-corrected chi connectivity index (χ1v) is 22.7. The van der Waals surface area contributed by atoms with Gasteiger partial charge in [0.15, 0.2) is 18.4 Å². The van der Waals surface area contributed by atoms with E-state index in [9.17, 15) is 58.3 Å². The lowest BCUT2D eigenvalue weighted by atomic mass is 9.98. The van der Waals surface area contributed by atoms with Gasteiger partial charge in [-0.25, -0.2) is 24.6 Å². The van der Waals surface area contributed by atoms with Crippen LogP contribution in [0, 0.1) is 10.8 Å². The standard InChI is InChI=1S/C43H63N11O18/c1-7-68-40(63)31(32(59)33-34(70-24(5)56)35(71-25(6)57)38(72-33)53-20-16-28(58)49-43(53)65)45-18-12-19-46-37(61)30(23(4)55)50-36(60)27(15-11-17-47-41(44)52-54(66)67)48-42(64)51-29(22(2)3)39(62)69-21-26-13-9-8-10-14-26/h8-10,13-14,16,20,22-23,27,29-35,38,45,55,59H,7,11-12,15,17-19,21H2,1-6H3,(H8-,44,46,47,48,49,50,51,52,58,60,61,64,65,66,67)/p+1/t23?,27-,29-,30-,31?,32?,33+,34+,35+,38-/m0/s1. The molecule has 0 spiro atoms. The van der Waals surface area contributed by atoms with Gasteiger partial charge in [0.2, 0.25) is 11.8 Å². The molecule has 29 heteroatoms. The van der Waals surface area contributed by atoms with Crippen LogP contribution in [0.2, 0.25) is 0 Å². The van der Waals surface area contributed by atoms with E-state index >= 15 is 0 Å². The Labute approximate surface area is 411 Å². The summed E-state index contributed by atoms with van der Waals surface area (Å²) in [6.07, 6.45) is -8.97. The number of carbonyl (C=O) groups is 7. The van der Waals surface area contributed by atoms with Crippen molar-refractivity contribution in [1.29, 1.82) is 0 Å². The number of ether oxygens (including phenoxy) is 5. The van der Waals surface area contributed by atoms with Crippen molar-refractivity contribution in [3.05, 3.63) is 73.9 Å². The van der Waals surface area contributed by atoms with Crippen LogP contribution in [0.1, 0.15) is 72.6 Å². The molecular formula is C43H64N11O18+. The highest BCUT2D eigenvalue weighted by molar-refractivity contribution is 5.93. The molecule has 398 valence electrons.